The Morgan fingerprint density at radius 1 is 1.15 bits per heavy atom. The summed E-state index contributed by atoms with van der Waals surface area (Å²) in [6.45, 7) is 4.68. The Labute approximate surface area is 119 Å². The van der Waals surface area contributed by atoms with Gasteiger partial charge >= 0.3 is 0 Å². The maximum Gasteiger partial charge on any atom is 0.251 e. The summed E-state index contributed by atoms with van der Waals surface area (Å²) < 4.78 is 10.6. The maximum atomic E-state index is 12.4. The second-order valence-corrected chi connectivity index (χ2v) is 5.95. The number of benzene rings is 1. The van der Waals surface area contributed by atoms with Crippen molar-refractivity contribution in [1.29, 1.82) is 0 Å². The van der Waals surface area contributed by atoms with E-state index in [9.17, 15) is 4.79 Å². The van der Waals surface area contributed by atoms with Crippen molar-refractivity contribution < 1.29 is 14.3 Å². The van der Waals surface area contributed by atoms with Crippen LogP contribution in [0, 0.1) is 11.8 Å². The second kappa shape index (κ2) is 5.35. The molecule has 4 nitrogen and oxygen atoms in total. The molecule has 4 heteroatoms. The lowest BCUT2D eigenvalue weighted by molar-refractivity contribution is 0.0880. The molecule has 3 rings (SSSR count). The average molecular weight is 275 g/mol. The molecule has 0 bridgehead atoms. The molecule has 2 aliphatic rings. The first-order chi connectivity index (χ1) is 9.65. The minimum Gasteiger partial charge on any atom is -0.454 e. The van der Waals surface area contributed by atoms with Crippen LogP contribution in [0.4, 0.5) is 0 Å². The molecule has 1 fully saturated rings. The minimum atomic E-state index is -0.0195. The number of fused-ring (bicyclic) bond motifs is 1. The van der Waals surface area contributed by atoms with E-state index in [0.29, 0.717) is 28.9 Å². The van der Waals surface area contributed by atoms with Crippen LogP contribution in [0.1, 0.15) is 43.5 Å². The van der Waals surface area contributed by atoms with Crippen molar-refractivity contribution in [2.75, 3.05) is 6.79 Å². The van der Waals surface area contributed by atoms with Gasteiger partial charge in [-0.05, 0) is 42.9 Å². The largest absolute Gasteiger partial charge is 0.454 e. The van der Waals surface area contributed by atoms with Crippen LogP contribution in [0.5, 0.6) is 11.5 Å². The van der Waals surface area contributed by atoms with Crippen molar-refractivity contribution in [2.45, 2.75) is 39.2 Å². The van der Waals surface area contributed by atoms with Gasteiger partial charge in [0.1, 0.15) is 0 Å². The molecule has 1 aliphatic carbocycles. The highest BCUT2D eigenvalue weighted by atomic mass is 16.7. The van der Waals surface area contributed by atoms with E-state index in [0.717, 1.165) is 0 Å². The van der Waals surface area contributed by atoms with Crippen molar-refractivity contribution in [2.24, 2.45) is 11.8 Å². The van der Waals surface area contributed by atoms with E-state index < -0.39 is 0 Å². The molecule has 3 atom stereocenters. The lowest BCUT2D eigenvalue weighted by atomic mass is 9.78. The molecule has 20 heavy (non-hydrogen) atoms. The van der Waals surface area contributed by atoms with Gasteiger partial charge in [-0.3, -0.25) is 4.79 Å². The first-order valence-corrected chi connectivity index (χ1v) is 7.35. The Morgan fingerprint density at radius 3 is 2.60 bits per heavy atom. The smallest absolute Gasteiger partial charge is 0.251 e. The summed E-state index contributed by atoms with van der Waals surface area (Å²) in [5, 5.41) is 3.19. The van der Waals surface area contributed by atoms with Crippen LogP contribution in [0.15, 0.2) is 18.2 Å². The van der Waals surface area contributed by atoms with Gasteiger partial charge in [-0.1, -0.05) is 20.3 Å². The average Bonchev–Trinajstić information content (AvgIpc) is 2.90. The summed E-state index contributed by atoms with van der Waals surface area (Å²) in [6, 6.07) is 5.61. The van der Waals surface area contributed by atoms with Crippen molar-refractivity contribution in [1.82, 2.24) is 5.32 Å². The number of nitrogens with one attached hydrogen (secondary N) is 1. The number of amides is 1. The van der Waals surface area contributed by atoms with Crippen LogP contribution in [0.2, 0.25) is 0 Å². The van der Waals surface area contributed by atoms with Crippen LogP contribution < -0.4 is 14.8 Å². The third kappa shape index (κ3) is 2.47. The Hall–Kier alpha value is -1.71. The predicted molar refractivity (Wildman–Crippen MR) is 76.0 cm³/mol. The Kier molecular flexibility index (Phi) is 3.55. The number of hydrogen-bond acceptors (Lipinski definition) is 3. The SMILES string of the molecule is C[C@@H]1CCC[C@H](C)C1NC(=O)c1ccc2c(c1)OCO2. The van der Waals surface area contributed by atoms with Crippen LogP contribution in [0.25, 0.3) is 0 Å². The first-order valence-electron chi connectivity index (χ1n) is 7.35. The number of ether oxygens (including phenoxy) is 2. The highest BCUT2D eigenvalue weighted by Crippen LogP contribution is 2.33. The zero-order valence-electron chi connectivity index (χ0n) is 12.0. The van der Waals surface area contributed by atoms with E-state index in [2.05, 4.69) is 19.2 Å². The van der Waals surface area contributed by atoms with Gasteiger partial charge in [-0.25, -0.2) is 0 Å². The molecular formula is C16H21NO3. The van der Waals surface area contributed by atoms with Gasteiger partial charge in [0.2, 0.25) is 6.79 Å². The third-order valence-electron chi connectivity index (χ3n) is 4.48. The Morgan fingerprint density at radius 2 is 1.85 bits per heavy atom. The van der Waals surface area contributed by atoms with Gasteiger partial charge in [0.15, 0.2) is 11.5 Å². The fourth-order valence-electron chi connectivity index (χ4n) is 3.24. The molecular weight excluding hydrogens is 254 g/mol. The van der Waals surface area contributed by atoms with E-state index >= 15 is 0 Å². The van der Waals surface area contributed by atoms with E-state index in [-0.39, 0.29) is 18.7 Å². The fourth-order valence-corrected chi connectivity index (χ4v) is 3.24. The summed E-state index contributed by atoms with van der Waals surface area (Å²) in [5.41, 5.74) is 0.638. The lowest BCUT2D eigenvalue weighted by Crippen LogP contribution is -2.45. The first kappa shape index (κ1) is 13.3. The Balaban J connectivity index is 1.72. The molecule has 108 valence electrons. The molecule has 1 aromatic carbocycles. The van der Waals surface area contributed by atoms with Crippen LogP contribution in [0.3, 0.4) is 0 Å². The van der Waals surface area contributed by atoms with E-state index in [1.165, 1.54) is 19.3 Å². The molecule has 1 N–H and O–H groups in total. The number of carbonyl (C=O) groups excluding carboxylic acids is 1. The van der Waals surface area contributed by atoms with Crippen molar-refractivity contribution in [3.8, 4) is 11.5 Å². The standard InChI is InChI=1S/C16H21NO3/c1-10-4-3-5-11(2)15(10)17-16(18)12-6-7-13-14(8-12)20-9-19-13/h6-8,10-11,15H,3-5,9H2,1-2H3,(H,17,18)/t10-,11+,15?. The molecule has 1 amide bonds. The zero-order valence-corrected chi connectivity index (χ0v) is 12.0. The molecule has 1 saturated carbocycles. The maximum absolute atomic E-state index is 12.4. The summed E-state index contributed by atoms with van der Waals surface area (Å²) in [5.74, 6) is 2.42. The van der Waals surface area contributed by atoms with E-state index in [1.807, 2.05) is 0 Å². The molecule has 0 radical (unpaired) electrons. The molecule has 0 spiro atoms. The molecule has 0 saturated heterocycles. The topological polar surface area (TPSA) is 47.6 Å². The fraction of sp³-hybridized carbons (Fsp3) is 0.562. The van der Waals surface area contributed by atoms with Crippen molar-refractivity contribution in [3.63, 3.8) is 0 Å². The monoisotopic (exact) mass is 275 g/mol. The van der Waals surface area contributed by atoms with Gasteiger partial charge in [-0.15, -0.1) is 0 Å². The molecule has 1 aliphatic heterocycles. The lowest BCUT2D eigenvalue weighted by Gasteiger charge is -2.35. The minimum absolute atomic E-state index is 0.0195. The van der Waals surface area contributed by atoms with E-state index in [1.54, 1.807) is 18.2 Å². The third-order valence-corrected chi connectivity index (χ3v) is 4.48. The number of carbonyl (C=O) groups is 1. The molecule has 0 aromatic heterocycles. The van der Waals surface area contributed by atoms with Gasteiger partial charge in [-0.2, -0.15) is 0 Å². The summed E-state index contributed by atoms with van der Waals surface area (Å²) in [4.78, 5) is 12.4. The second-order valence-electron chi connectivity index (χ2n) is 5.95. The van der Waals surface area contributed by atoms with Gasteiger partial charge < -0.3 is 14.8 Å². The predicted octanol–water partition coefficient (Wildman–Crippen LogP) is 2.97. The summed E-state index contributed by atoms with van der Waals surface area (Å²) in [7, 11) is 0. The highest BCUT2D eigenvalue weighted by molar-refractivity contribution is 5.95. The van der Waals surface area contributed by atoms with Crippen LogP contribution in [-0.2, 0) is 0 Å². The summed E-state index contributed by atoms with van der Waals surface area (Å²) in [6.07, 6.45) is 3.64. The quantitative estimate of drug-likeness (QED) is 0.902. The van der Waals surface area contributed by atoms with Crippen LogP contribution in [-0.4, -0.2) is 18.7 Å². The normalized spacial score (nSPS) is 28.2. The van der Waals surface area contributed by atoms with E-state index in [4.69, 9.17) is 9.47 Å². The number of hydrogen-bond donors (Lipinski definition) is 1. The molecule has 1 aromatic rings. The molecule has 1 heterocycles. The number of rotatable bonds is 2. The summed E-state index contributed by atoms with van der Waals surface area (Å²) >= 11 is 0. The Bertz CT molecular complexity index is 504. The molecule has 1 unspecified atom stereocenters. The zero-order chi connectivity index (χ0) is 14.1. The van der Waals surface area contributed by atoms with Gasteiger partial charge in [0.25, 0.3) is 5.91 Å². The highest BCUT2D eigenvalue weighted by Gasteiger charge is 2.29. The van der Waals surface area contributed by atoms with Gasteiger partial charge in [0.05, 0.1) is 0 Å². The van der Waals surface area contributed by atoms with Gasteiger partial charge in [0, 0.05) is 11.6 Å². The van der Waals surface area contributed by atoms with Crippen molar-refractivity contribution >= 4 is 5.91 Å². The van der Waals surface area contributed by atoms with Crippen molar-refractivity contribution in [3.05, 3.63) is 23.8 Å². The van der Waals surface area contributed by atoms with Crippen LogP contribution >= 0.6 is 0 Å².